The summed E-state index contributed by atoms with van der Waals surface area (Å²) >= 11 is 0. The smallest absolute Gasteiger partial charge is 0.116 e. The SMILES string of the molecule is CC(C)(C)c1cc(O)cc2ccc3c(c12)CC3. The summed E-state index contributed by atoms with van der Waals surface area (Å²) in [5.74, 6) is 0.377. The molecule has 0 radical (unpaired) electrons. The number of hydrogen-bond donors (Lipinski definition) is 1. The third kappa shape index (κ3) is 1.53. The summed E-state index contributed by atoms with van der Waals surface area (Å²) in [7, 11) is 0. The van der Waals surface area contributed by atoms with E-state index in [9.17, 15) is 5.11 Å². The molecule has 3 rings (SSSR count). The highest BCUT2D eigenvalue weighted by Crippen LogP contribution is 2.39. The Morgan fingerprint density at radius 2 is 1.82 bits per heavy atom. The standard InChI is InChI=1S/C16H18O/c1-16(2,3)14-9-12(17)8-11-5-4-10-6-7-13(10)15(11)14/h4-5,8-9,17H,6-7H2,1-3H3. The van der Waals surface area contributed by atoms with Crippen LogP contribution in [-0.4, -0.2) is 5.11 Å². The zero-order valence-corrected chi connectivity index (χ0v) is 10.7. The number of benzene rings is 2. The van der Waals surface area contributed by atoms with Gasteiger partial charge in [0.1, 0.15) is 5.75 Å². The number of phenolic OH excluding ortho intramolecular Hbond substituents is 1. The summed E-state index contributed by atoms with van der Waals surface area (Å²) in [6.45, 7) is 6.62. The van der Waals surface area contributed by atoms with Gasteiger partial charge in [-0.2, -0.15) is 0 Å². The van der Waals surface area contributed by atoms with Crippen molar-refractivity contribution < 1.29 is 5.11 Å². The lowest BCUT2D eigenvalue weighted by molar-refractivity contribution is 0.472. The van der Waals surface area contributed by atoms with Crippen molar-refractivity contribution in [1.82, 2.24) is 0 Å². The molecule has 0 amide bonds. The van der Waals surface area contributed by atoms with Crippen LogP contribution in [0.3, 0.4) is 0 Å². The van der Waals surface area contributed by atoms with Gasteiger partial charge in [-0.05, 0) is 57.9 Å². The number of fused-ring (bicyclic) bond motifs is 3. The van der Waals surface area contributed by atoms with E-state index in [0.29, 0.717) is 5.75 Å². The van der Waals surface area contributed by atoms with Gasteiger partial charge in [0, 0.05) is 0 Å². The monoisotopic (exact) mass is 226 g/mol. The Balaban J connectivity index is 2.44. The van der Waals surface area contributed by atoms with Gasteiger partial charge in [0.15, 0.2) is 0 Å². The van der Waals surface area contributed by atoms with Crippen molar-refractivity contribution in [3.8, 4) is 5.75 Å². The lowest BCUT2D eigenvalue weighted by Gasteiger charge is -2.28. The van der Waals surface area contributed by atoms with Gasteiger partial charge in [-0.15, -0.1) is 0 Å². The van der Waals surface area contributed by atoms with Gasteiger partial charge in [-0.25, -0.2) is 0 Å². The first-order valence-corrected chi connectivity index (χ1v) is 6.25. The number of aryl methyl sites for hydroxylation is 2. The predicted octanol–water partition coefficient (Wildman–Crippen LogP) is 3.94. The highest BCUT2D eigenvalue weighted by molar-refractivity contribution is 5.93. The highest BCUT2D eigenvalue weighted by Gasteiger charge is 2.24. The zero-order valence-electron chi connectivity index (χ0n) is 10.7. The molecule has 1 aliphatic rings. The third-order valence-electron chi connectivity index (χ3n) is 3.76. The molecule has 88 valence electrons. The Bertz CT molecular complexity index is 603. The van der Waals surface area contributed by atoms with E-state index in [0.717, 1.165) is 0 Å². The maximum atomic E-state index is 9.85. The van der Waals surface area contributed by atoms with E-state index in [1.807, 2.05) is 12.1 Å². The number of hydrogen-bond acceptors (Lipinski definition) is 1. The lowest BCUT2D eigenvalue weighted by atomic mass is 9.77. The zero-order chi connectivity index (χ0) is 12.2. The minimum atomic E-state index is 0.0711. The molecule has 1 N–H and O–H groups in total. The molecule has 1 nitrogen and oxygen atoms in total. The minimum absolute atomic E-state index is 0.0711. The first-order chi connectivity index (χ1) is 7.97. The summed E-state index contributed by atoms with van der Waals surface area (Å²) in [6.07, 6.45) is 2.39. The van der Waals surface area contributed by atoms with Crippen molar-refractivity contribution >= 4 is 10.8 Å². The second-order valence-corrected chi connectivity index (χ2v) is 6.04. The van der Waals surface area contributed by atoms with Crippen LogP contribution in [0, 0.1) is 0 Å². The van der Waals surface area contributed by atoms with Crippen LogP contribution in [0.1, 0.15) is 37.5 Å². The van der Waals surface area contributed by atoms with Gasteiger partial charge in [0.2, 0.25) is 0 Å². The van der Waals surface area contributed by atoms with E-state index < -0.39 is 0 Å². The molecule has 17 heavy (non-hydrogen) atoms. The van der Waals surface area contributed by atoms with Gasteiger partial charge in [-0.1, -0.05) is 32.9 Å². The molecule has 2 aromatic carbocycles. The molecule has 0 saturated carbocycles. The molecular formula is C16H18O. The molecule has 0 atom stereocenters. The summed E-state index contributed by atoms with van der Waals surface area (Å²) in [5.41, 5.74) is 4.31. The molecule has 1 aliphatic carbocycles. The third-order valence-corrected chi connectivity index (χ3v) is 3.76. The van der Waals surface area contributed by atoms with Gasteiger partial charge < -0.3 is 5.11 Å². The van der Waals surface area contributed by atoms with E-state index >= 15 is 0 Å². The maximum Gasteiger partial charge on any atom is 0.116 e. The van der Waals surface area contributed by atoms with Crippen LogP contribution in [0.15, 0.2) is 24.3 Å². The number of aromatic hydroxyl groups is 1. The highest BCUT2D eigenvalue weighted by atomic mass is 16.3. The second-order valence-electron chi connectivity index (χ2n) is 6.04. The van der Waals surface area contributed by atoms with Gasteiger partial charge in [0.25, 0.3) is 0 Å². The molecule has 0 unspecified atom stereocenters. The molecule has 2 aromatic rings. The molecule has 0 fully saturated rings. The molecule has 0 saturated heterocycles. The van der Waals surface area contributed by atoms with Crippen LogP contribution in [0.4, 0.5) is 0 Å². The van der Waals surface area contributed by atoms with Crippen LogP contribution in [-0.2, 0) is 18.3 Å². The normalized spacial score (nSPS) is 14.5. The van der Waals surface area contributed by atoms with Crippen molar-refractivity contribution in [2.45, 2.75) is 39.0 Å². The van der Waals surface area contributed by atoms with Crippen LogP contribution in [0.25, 0.3) is 10.8 Å². The lowest BCUT2D eigenvalue weighted by Crippen LogP contribution is -2.16. The fourth-order valence-electron chi connectivity index (χ4n) is 2.76. The van der Waals surface area contributed by atoms with Gasteiger partial charge in [-0.3, -0.25) is 0 Å². The minimum Gasteiger partial charge on any atom is -0.508 e. The van der Waals surface area contributed by atoms with E-state index in [-0.39, 0.29) is 5.41 Å². The predicted molar refractivity (Wildman–Crippen MR) is 71.7 cm³/mol. The van der Waals surface area contributed by atoms with E-state index in [1.165, 1.54) is 40.3 Å². The van der Waals surface area contributed by atoms with Crippen molar-refractivity contribution in [3.05, 3.63) is 41.0 Å². The van der Waals surface area contributed by atoms with Crippen LogP contribution in [0.5, 0.6) is 5.75 Å². The van der Waals surface area contributed by atoms with Crippen molar-refractivity contribution in [1.29, 1.82) is 0 Å². The topological polar surface area (TPSA) is 20.2 Å². The number of phenols is 1. The molecule has 0 aromatic heterocycles. The quantitative estimate of drug-likeness (QED) is 0.721. The maximum absolute atomic E-state index is 9.85. The Morgan fingerprint density at radius 1 is 1.06 bits per heavy atom. The molecule has 1 heteroatoms. The first kappa shape index (κ1) is 10.6. The second kappa shape index (κ2) is 3.25. The summed E-state index contributed by atoms with van der Waals surface area (Å²) in [5, 5.41) is 12.4. The molecule has 0 bridgehead atoms. The Kier molecular flexibility index (Phi) is 2.04. The largest absolute Gasteiger partial charge is 0.508 e. The van der Waals surface area contributed by atoms with Crippen LogP contribution >= 0.6 is 0 Å². The molecule has 0 spiro atoms. The van der Waals surface area contributed by atoms with Gasteiger partial charge >= 0.3 is 0 Å². The van der Waals surface area contributed by atoms with Gasteiger partial charge in [0.05, 0.1) is 0 Å². The van der Waals surface area contributed by atoms with Crippen LogP contribution < -0.4 is 0 Å². The van der Waals surface area contributed by atoms with Crippen molar-refractivity contribution in [3.63, 3.8) is 0 Å². The Morgan fingerprint density at radius 3 is 2.41 bits per heavy atom. The fourth-order valence-corrected chi connectivity index (χ4v) is 2.76. The van der Waals surface area contributed by atoms with Crippen molar-refractivity contribution in [2.75, 3.05) is 0 Å². The summed E-state index contributed by atoms with van der Waals surface area (Å²) < 4.78 is 0. The Hall–Kier alpha value is -1.50. The summed E-state index contributed by atoms with van der Waals surface area (Å²) in [6, 6.07) is 8.15. The average molecular weight is 226 g/mol. The number of rotatable bonds is 0. The van der Waals surface area contributed by atoms with E-state index in [1.54, 1.807) is 0 Å². The van der Waals surface area contributed by atoms with Crippen molar-refractivity contribution in [2.24, 2.45) is 0 Å². The Labute approximate surface area is 102 Å². The fraction of sp³-hybridized carbons (Fsp3) is 0.375. The average Bonchev–Trinajstić information content (AvgIpc) is 2.16. The molecular weight excluding hydrogens is 208 g/mol. The first-order valence-electron chi connectivity index (χ1n) is 6.25. The summed E-state index contributed by atoms with van der Waals surface area (Å²) in [4.78, 5) is 0. The van der Waals surface area contributed by atoms with Crippen LogP contribution in [0.2, 0.25) is 0 Å². The molecule has 0 heterocycles. The van der Waals surface area contributed by atoms with E-state index in [2.05, 4.69) is 32.9 Å². The van der Waals surface area contributed by atoms with E-state index in [4.69, 9.17) is 0 Å². The molecule has 0 aliphatic heterocycles.